The molecule has 0 unspecified atom stereocenters. The van der Waals surface area contributed by atoms with Gasteiger partial charge in [0.2, 0.25) is 5.91 Å². The molecule has 0 aliphatic heterocycles. The second kappa shape index (κ2) is 9.84. The van der Waals surface area contributed by atoms with Gasteiger partial charge in [0.15, 0.2) is 11.0 Å². The maximum Gasteiger partial charge on any atom is 0.226 e. The van der Waals surface area contributed by atoms with Crippen molar-refractivity contribution in [2.45, 2.75) is 23.9 Å². The molecule has 0 spiro atoms. The number of thioether (sulfide) groups is 1. The van der Waals surface area contributed by atoms with Crippen molar-refractivity contribution in [2.24, 2.45) is 7.05 Å². The molecule has 158 valence electrons. The highest BCUT2D eigenvalue weighted by Crippen LogP contribution is 2.24. The van der Waals surface area contributed by atoms with Gasteiger partial charge in [-0.05, 0) is 17.7 Å². The standard InChI is InChI=1S/C22H20FN5OS2/c1-28-19(26-27-22(28)31-13-15-7-9-17(23)10-8-15)12-24-20(29)11-18-14-30-21(25-18)16-5-3-2-4-6-16/h2-10,14H,11-13H2,1H3,(H,24,29). The van der Waals surface area contributed by atoms with E-state index in [1.807, 2.05) is 47.3 Å². The predicted molar refractivity (Wildman–Crippen MR) is 120 cm³/mol. The molecule has 4 aromatic rings. The lowest BCUT2D eigenvalue weighted by atomic mass is 10.2. The summed E-state index contributed by atoms with van der Waals surface area (Å²) in [4.78, 5) is 16.9. The average molecular weight is 454 g/mol. The van der Waals surface area contributed by atoms with Gasteiger partial charge in [-0.3, -0.25) is 4.79 Å². The van der Waals surface area contributed by atoms with Crippen molar-refractivity contribution >= 4 is 29.0 Å². The lowest BCUT2D eigenvalue weighted by molar-refractivity contribution is -0.120. The Morgan fingerprint density at radius 2 is 1.90 bits per heavy atom. The van der Waals surface area contributed by atoms with E-state index in [0.29, 0.717) is 11.6 Å². The third-order valence-corrected chi connectivity index (χ3v) is 6.60. The minimum atomic E-state index is -0.251. The first-order chi connectivity index (χ1) is 15.1. The topological polar surface area (TPSA) is 72.7 Å². The van der Waals surface area contributed by atoms with E-state index in [2.05, 4.69) is 20.5 Å². The molecule has 1 amide bonds. The average Bonchev–Trinajstić information content (AvgIpc) is 3.39. The fourth-order valence-electron chi connectivity index (χ4n) is 2.86. The summed E-state index contributed by atoms with van der Waals surface area (Å²) < 4.78 is 14.9. The van der Waals surface area contributed by atoms with Crippen LogP contribution in [-0.4, -0.2) is 25.7 Å². The zero-order chi connectivity index (χ0) is 21.6. The van der Waals surface area contributed by atoms with Gasteiger partial charge in [-0.15, -0.1) is 21.5 Å². The number of hydrogen-bond acceptors (Lipinski definition) is 6. The maximum absolute atomic E-state index is 13.0. The van der Waals surface area contributed by atoms with Gasteiger partial charge in [-0.2, -0.15) is 0 Å². The van der Waals surface area contributed by atoms with E-state index in [1.165, 1.54) is 35.2 Å². The molecule has 0 atom stereocenters. The van der Waals surface area contributed by atoms with Crippen LogP contribution in [0.3, 0.4) is 0 Å². The molecule has 6 nitrogen and oxygen atoms in total. The summed E-state index contributed by atoms with van der Waals surface area (Å²) in [6.07, 6.45) is 0.216. The summed E-state index contributed by atoms with van der Waals surface area (Å²) in [6.45, 7) is 0.287. The summed E-state index contributed by atoms with van der Waals surface area (Å²) in [5, 5.41) is 14.8. The number of benzene rings is 2. The molecule has 2 aromatic carbocycles. The molecule has 1 N–H and O–H groups in total. The van der Waals surface area contributed by atoms with Crippen LogP contribution < -0.4 is 5.32 Å². The van der Waals surface area contributed by atoms with Crippen molar-refractivity contribution in [3.05, 3.63) is 82.9 Å². The summed E-state index contributed by atoms with van der Waals surface area (Å²) >= 11 is 3.04. The number of nitrogens with zero attached hydrogens (tertiary/aromatic N) is 4. The number of carbonyl (C=O) groups is 1. The number of amides is 1. The minimum Gasteiger partial charge on any atom is -0.348 e. The first-order valence-corrected chi connectivity index (χ1v) is 11.5. The molecule has 0 aliphatic rings. The van der Waals surface area contributed by atoms with Crippen LogP contribution in [0.4, 0.5) is 4.39 Å². The Morgan fingerprint density at radius 3 is 2.68 bits per heavy atom. The fourth-order valence-corrected chi connectivity index (χ4v) is 4.57. The van der Waals surface area contributed by atoms with Gasteiger partial charge in [0.25, 0.3) is 0 Å². The van der Waals surface area contributed by atoms with E-state index in [0.717, 1.165) is 27.0 Å². The molecule has 0 saturated carbocycles. The Bertz CT molecular complexity index is 1160. The van der Waals surface area contributed by atoms with Crippen molar-refractivity contribution in [1.82, 2.24) is 25.1 Å². The summed E-state index contributed by atoms with van der Waals surface area (Å²) in [5.74, 6) is 0.956. The Kier molecular flexibility index (Phi) is 6.73. The molecule has 0 bridgehead atoms. The largest absolute Gasteiger partial charge is 0.348 e. The molecule has 31 heavy (non-hydrogen) atoms. The Morgan fingerprint density at radius 1 is 1.13 bits per heavy atom. The van der Waals surface area contributed by atoms with Gasteiger partial charge in [0.1, 0.15) is 10.8 Å². The van der Waals surface area contributed by atoms with Crippen molar-refractivity contribution in [2.75, 3.05) is 0 Å². The summed E-state index contributed by atoms with van der Waals surface area (Å²) in [6, 6.07) is 16.3. The SMILES string of the molecule is Cn1c(CNC(=O)Cc2csc(-c3ccccc3)n2)nnc1SCc1ccc(F)cc1. The smallest absolute Gasteiger partial charge is 0.226 e. The molecule has 0 radical (unpaired) electrons. The quantitative estimate of drug-likeness (QED) is 0.404. The van der Waals surface area contributed by atoms with Crippen molar-refractivity contribution in [3.8, 4) is 10.6 Å². The zero-order valence-electron chi connectivity index (χ0n) is 16.8. The monoisotopic (exact) mass is 453 g/mol. The molecule has 9 heteroatoms. The third kappa shape index (κ3) is 5.56. The van der Waals surface area contributed by atoms with Crippen molar-refractivity contribution in [3.63, 3.8) is 0 Å². The van der Waals surface area contributed by atoms with Gasteiger partial charge < -0.3 is 9.88 Å². The van der Waals surface area contributed by atoms with Gasteiger partial charge in [0, 0.05) is 23.7 Å². The van der Waals surface area contributed by atoms with E-state index in [9.17, 15) is 9.18 Å². The van der Waals surface area contributed by atoms with Gasteiger partial charge >= 0.3 is 0 Å². The summed E-state index contributed by atoms with van der Waals surface area (Å²) in [7, 11) is 1.86. The first kappa shape index (κ1) is 21.2. The number of thiazole rings is 1. The van der Waals surface area contributed by atoms with Crippen LogP contribution in [0.1, 0.15) is 17.1 Å². The van der Waals surface area contributed by atoms with Crippen LogP contribution in [0.15, 0.2) is 65.1 Å². The van der Waals surface area contributed by atoms with Crippen LogP contribution in [0.5, 0.6) is 0 Å². The van der Waals surface area contributed by atoms with Crippen LogP contribution in [0, 0.1) is 5.82 Å². The zero-order valence-corrected chi connectivity index (χ0v) is 18.4. The van der Waals surface area contributed by atoms with Gasteiger partial charge in [0.05, 0.1) is 18.7 Å². The van der Waals surface area contributed by atoms with E-state index in [1.54, 1.807) is 12.1 Å². The molecule has 2 heterocycles. The number of nitrogens with one attached hydrogen (secondary N) is 1. The summed E-state index contributed by atoms with van der Waals surface area (Å²) in [5.41, 5.74) is 2.79. The molecule has 4 rings (SSSR count). The predicted octanol–water partition coefficient (Wildman–Crippen LogP) is 4.23. The van der Waals surface area contributed by atoms with E-state index >= 15 is 0 Å². The van der Waals surface area contributed by atoms with Gasteiger partial charge in [-0.1, -0.05) is 54.2 Å². The number of hydrogen-bond donors (Lipinski definition) is 1. The Labute approximate surface area is 187 Å². The van der Waals surface area contributed by atoms with Crippen LogP contribution in [0.2, 0.25) is 0 Å². The second-order valence-corrected chi connectivity index (χ2v) is 8.64. The van der Waals surface area contributed by atoms with E-state index in [4.69, 9.17) is 0 Å². The normalized spacial score (nSPS) is 10.9. The fraction of sp³-hybridized carbons (Fsp3) is 0.182. The molecular formula is C22H20FN5OS2. The van der Waals surface area contributed by atoms with E-state index < -0.39 is 0 Å². The van der Waals surface area contributed by atoms with E-state index in [-0.39, 0.29) is 24.7 Å². The lowest BCUT2D eigenvalue weighted by Gasteiger charge is -2.05. The number of halogens is 1. The Hall–Kier alpha value is -3.04. The van der Waals surface area contributed by atoms with Crippen molar-refractivity contribution < 1.29 is 9.18 Å². The Balaban J connectivity index is 1.29. The molecule has 0 aliphatic carbocycles. The lowest BCUT2D eigenvalue weighted by Crippen LogP contribution is -2.26. The third-order valence-electron chi connectivity index (χ3n) is 4.56. The number of rotatable bonds is 8. The highest BCUT2D eigenvalue weighted by molar-refractivity contribution is 7.98. The highest BCUT2D eigenvalue weighted by atomic mass is 32.2. The molecule has 2 aromatic heterocycles. The molecule has 0 saturated heterocycles. The van der Waals surface area contributed by atoms with Crippen molar-refractivity contribution in [1.29, 1.82) is 0 Å². The number of carbonyl (C=O) groups excluding carboxylic acids is 1. The molecular weight excluding hydrogens is 433 g/mol. The maximum atomic E-state index is 13.0. The number of aromatic nitrogens is 4. The van der Waals surface area contributed by atoms with Crippen LogP contribution in [0.25, 0.3) is 10.6 Å². The molecule has 0 fully saturated rings. The second-order valence-electron chi connectivity index (χ2n) is 6.84. The van der Waals surface area contributed by atoms with Crippen LogP contribution >= 0.6 is 23.1 Å². The van der Waals surface area contributed by atoms with Gasteiger partial charge in [-0.25, -0.2) is 9.37 Å². The first-order valence-electron chi connectivity index (χ1n) is 9.60. The minimum absolute atomic E-state index is 0.117. The van der Waals surface area contributed by atoms with Crippen LogP contribution in [-0.2, 0) is 30.6 Å². The highest BCUT2D eigenvalue weighted by Gasteiger charge is 2.13.